The molecular formula is C22H29ClN4O. The van der Waals surface area contributed by atoms with E-state index < -0.39 is 0 Å². The van der Waals surface area contributed by atoms with E-state index in [1.54, 1.807) is 0 Å². The molecule has 5 nitrogen and oxygen atoms in total. The number of nitrogens with two attached hydrogens (primary N) is 1. The maximum atomic E-state index is 13.0. The van der Waals surface area contributed by atoms with E-state index in [-0.39, 0.29) is 11.9 Å². The quantitative estimate of drug-likeness (QED) is 0.772. The summed E-state index contributed by atoms with van der Waals surface area (Å²) < 4.78 is 2.00. The number of amides is 1. The minimum atomic E-state index is 0.00279. The van der Waals surface area contributed by atoms with Gasteiger partial charge in [0.2, 0.25) is 11.9 Å². The molecule has 6 heteroatoms. The summed E-state index contributed by atoms with van der Waals surface area (Å²) >= 11 is 6.09. The number of nitrogens with zero attached hydrogens (tertiary/aromatic N) is 2. The molecule has 1 amide bonds. The van der Waals surface area contributed by atoms with Crippen LogP contribution in [0.2, 0.25) is 5.02 Å². The zero-order valence-corrected chi connectivity index (χ0v) is 17.2. The van der Waals surface area contributed by atoms with Crippen LogP contribution in [0.15, 0.2) is 18.2 Å². The summed E-state index contributed by atoms with van der Waals surface area (Å²) in [6, 6.07) is 6.00. The Morgan fingerprint density at radius 1 is 1.25 bits per heavy atom. The van der Waals surface area contributed by atoms with Crippen molar-refractivity contribution < 1.29 is 4.79 Å². The second kappa shape index (κ2) is 6.94. The van der Waals surface area contributed by atoms with Crippen molar-refractivity contribution in [2.24, 2.45) is 23.7 Å². The molecule has 1 atom stereocenters. The summed E-state index contributed by atoms with van der Waals surface area (Å²) in [4.78, 5) is 17.4. The number of benzene rings is 1. The van der Waals surface area contributed by atoms with E-state index in [9.17, 15) is 4.79 Å². The summed E-state index contributed by atoms with van der Waals surface area (Å²) in [6.07, 6.45) is 7.96. The Morgan fingerprint density at radius 2 is 1.93 bits per heavy atom. The summed E-state index contributed by atoms with van der Waals surface area (Å²) in [5, 5.41) is 4.07. The van der Waals surface area contributed by atoms with Crippen molar-refractivity contribution in [2.75, 3.05) is 5.73 Å². The Kier molecular flexibility index (Phi) is 4.53. The standard InChI is InChI=1S/C22H29ClN4O/c1-2-17(27-19-4-3-16(23)10-18(19)25-22(27)24)11-20(28)26-21-14-6-12-5-13(8-14)9-15(21)7-12/h3-4,10,12-15,17,21H,2,5-9,11H2,1H3,(H2,24,25)(H,26,28)/t12?,13?,14?,15?,17-,21?/m0/s1. The van der Waals surface area contributed by atoms with E-state index in [1.807, 2.05) is 22.8 Å². The molecule has 1 aromatic heterocycles. The van der Waals surface area contributed by atoms with E-state index >= 15 is 0 Å². The highest BCUT2D eigenvalue weighted by atomic mass is 35.5. The number of fused-ring (bicyclic) bond motifs is 1. The fraction of sp³-hybridized carbons (Fsp3) is 0.636. The lowest BCUT2D eigenvalue weighted by Crippen LogP contribution is -2.56. The molecule has 0 spiro atoms. The Balaban J connectivity index is 1.32. The van der Waals surface area contributed by atoms with E-state index in [0.717, 1.165) is 29.3 Å². The molecule has 0 radical (unpaired) electrons. The fourth-order valence-corrected chi connectivity index (χ4v) is 6.68. The number of nitrogen functional groups attached to an aromatic ring is 1. The van der Waals surface area contributed by atoms with Gasteiger partial charge in [-0.25, -0.2) is 4.98 Å². The second-order valence-corrected chi connectivity index (χ2v) is 9.70. The van der Waals surface area contributed by atoms with Crippen LogP contribution < -0.4 is 11.1 Å². The van der Waals surface area contributed by atoms with Crippen LogP contribution in [0.1, 0.15) is 57.9 Å². The van der Waals surface area contributed by atoms with Gasteiger partial charge in [-0.1, -0.05) is 18.5 Å². The first-order valence-electron chi connectivity index (χ1n) is 10.7. The number of carbonyl (C=O) groups is 1. The number of carbonyl (C=O) groups excluding carboxylic acids is 1. The average molecular weight is 401 g/mol. The number of hydrogen-bond donors (Lipinski definition) is 2. The molecular weight excluding hydrogens is 372 g/mol. The highest BCUT2D eigenvalue weighted by Crippen LogP contribution is 2.53. The Labute approximate surface area is 171 Å². The molecule has 0 aliphatic heterocycles. The highest BCUT2D eigenvalue weighted by Gasteiger charge is 2.48. The van der Waals surface area contributed by atoms with Gasteiger partial charge in [0.1, 0.15) is 0 Å². The number of halogens is 1. The number of nitrogens with one attached hydrogen (secondary N) is 1. The third-order valence-corrected chi connectivity index (χ3v) is 7.73. The lowest BCUT2D eigenvalue weighted by molar-refractivity contribution is -0.125. The Hall–Kier alpha value is -1.75. The van der Waals surface area contributed by atoms with E-state index in [0.29, 0.717) is 35.3 Å². The summed E-state index contributed by atoms with van der Waals surface area (Å²) in [5.74, 6) is 3.83. The van der Waals surface area contributed by atoms with Crippen molar-refractivity contribution in [3.8, 4) is 0 Å². The van der Waals surface area contributed by atoms with Crippen LogP contribution in [0.25, 0.3) is 11.0 Å². The minimum Gasteiger partial charge on any atom is -0.369 e. The molecule has 150 valence electrons. The van der Waals surface area contributed by atoms with Gasteiger partial charge in [-0.3, -0.25) is 4.79 Å². The van der Waals surface area contributed by atoms with Crippen LogP contribution in [0.4, 0.5) is 5.95 Å². The van der Waals surface area contributed by atoms with Crippen LogP contribution >= 0.6 is 11.6 Å². The number of hydrogen-bond acceptors (Lipinski definition) is 3. The second-order valence-electron chi connectivity index (χ2n) is 9.26. The summed E-state index contributed by atoms with van der Waals surface area (Å²) in [7, 11) is 0. The Morgan fingerprint density at radius 3 is 2.57 bits per heavy atom. The Bertz CT molecular complexity index is 879. The predicted octanol–water partition coefficient (Wildman–Crippen LogP) is 4.55. The van der Waals surface area contributed by atoms with Crippen LogP contribution in [0, 0.1) is 23.7 Å². The first-order valence-corrected chi connectivity index (χ1v) is 11.1. The largest absolute Gasteiger partial charge is 0.369 e. The molecule has 1 heterocycles. The first-order chi connectivity index (χ1) is 13.5. The van der Waals surface area contributed by atoms with Gasteiger partial charge in [-0.05, 0) is 80.4 Å². The van der Waals surface area contributed by atoms with Crippen molar-refractivity contribution in [1.29, 1.82) is 0 Å². The van der Waals surface area contributed by atoms with Crippen molar-refractivity contribution >= 4 is 34.5 Å². The zero-order chi connectivity index (χ0) is 19.4. The number of aromatic nitrogens is 2. The number of anilines is 1. The van der Waals surface area contributed by atoms with Crippen molar-refractivity contribution in [2.45, 2.75) is 64.0 Å². The van der Waals surface area contributed by atoms with Gasteiger partial charge in [-0.2, -0.15) is 0 Å². The molecule has 2 aromatic rings. The van der Waals surface area contributed by atoms with E-state index in [1.165, 1.54) is 32.1 Å². The maximum absolute atomic E-state index is 13.0. The number of imidazole rings is 1. The van der Waals surface area contributed by atoms with Gasteiger partial charge in [0.25, 0.3) is 0 Å². The van der Waals surface area contributed by atoms with E-state index in [2.05, 4.69) is 17.2 Å². The molecule has 0 saturated heterocycles. The molecule has 3 N–H and O–H groups in total. The third-order valence-electron chi connectivity index (χ3n) is 7.49. The van der Waals surface area contributed by atoms with Crippen molar-refractivity contribution in [3.63, 3.8) is 0 Å². The molecule has 28 heavy (non-hydrogen) atoms. The molecule has 0 unspecified atom stereocenters. The monoisotopic (exact) mass is 400 g/mol. The van der Waals surface area contributed by atoms with Gasteiger partial charge in [0.05, 0.1) is 11.0 Å². The molecule has 4 bridgehead atoms. The summed E-state index contributed by atoms with van der Waals surface area (Å²) in [5.41, 5.74) is 7.94. The summed E-state index contributed by atoms with van der Waals surface area (Å²) in [6.45, 7) is 2.10. The molecule has 6 rings (SSSR count). The third kappa shape index (κ3) is 3.08. The molecule has 4 saturated carbocycles. The number of rotatable bonds is 5. The maximum Gasteiger partial charge on any atom is 0.222 e. The minimum absolute atomic E-state index is 0.00279. The van der Waals surface area contributed by atoms with Crippen LogP contribution in [0.3, 0.4) is 0 Å². The van der Waals surface area contributed by atoms with Gasteiger partial charge in [-0.15, -0.1) is 0 Å². The van der Waals surface area contributed by atoms with Crippen LogP contribution in [0.5, 0.6) is 0 Å². The van der Waals surface area contributed by atoms with Gasteiger partial charge in [0.15, 0.2) is 0 Å². The lowest BCUT2D eigenvalue weighted by atomic mass is 9.54. The SMILES string of the molecule is CC[C@@H](CC(=O)NC1C2CC3CC(C2)CC1C3)n1c(N)nc2cc(Cl)ccc21. The fourth-order valence-electron chi connectivity index (χ4n) is 6.51. The molecule has 4 aliphatic carbocycles. The predicted molar refractivity (Wildman–Crippen MR) is 112 cm³/mol. The smallest absolute Gasteiger partial charge is 0.222 e. The average Bonchev–Trinajstić information content (AvgIpc) is 2.97. The topological polar surface area (TPSA) is 72.9 Å². The van der Waals surface area contributed by atoms with Gasteiger partial charge in [0, 0.05) is 23.5 Å². The highest BCUT2D eigenvalue weighted by molar-refractivity contribution is 6.31. The zero-order valence-electron chi connectivity index (χ0n) is 16.4. The molecule has 1 aromatic carbocycles. The van der Waals surface area contributed by atoms with Gasteiger partial charge < -0.3 is 15.6 Å². The van der Waals surface area contributed by atoms with E-state index in [4.69, 9.17) is 17.3 Å². The van der Waals surface area contributed by atoms with Crippen LogP contribution in [-0.2, 0) is 4.79 Å². The lowest BCUT2D eigenvalue weighted by Gasteiger charge is -2.54. The molecule has 4 fully saturated rings. The van der Waals surface area contributed by atoms with Crippen molar-refractivity contribution in [1.82, 2.24) is 14.9 Å². The molecule has 4 aliphatic rings. The van der Waals surface area contributed by atoms with Gasteiger partial charge >= 0.3 is 0 Å². The normalized spacial score (nSPS) is 32.0. The van der Waals surface area contributed by atoms with Crippen molar-refractivity contribution in [3.05, 3.63) is 23.2 Å². The van der Waals surface area contributed by atoms with Crippen LogP contribution in [-0.4, -0.2) is 21.5 Å². The first kappa shape index (κ1) is 18.3.